The van der Waals surface area contributed by atoms with Crippen molar-refractivity contribution in [2.24, 2.45) is 17.3 Å². The van der Waals surface area contributed by atoms with Gasteiger partial charge >= 0.3 is 0 Å². The van der Waals surface area contributed by atoms with Gasteiger partial charge in [-0.15, -0.1) is 0 Å². The Bertz CT molecular complexity index is 1040. The van der Waals surface area contributed by atoms with Gasteiger partial charge < -0.3 is 15.2 Å². The molecule has 0 aliphatic heterocycles. The number of methoxy groups -OCH3 is 1. The first-order valence-corrected chi connectivity index (χ1v) is 11.9. The highest BCUT2D eigenvalue weighted by atomic mass is 16.5. The van der Waals surface area contributed by atoms with E-state index in [-0.39, 0.29) is 17.9 Å². The van der Waals surface area contributed by atoms with E-state index in [1.54, 1.807) is 7.11 Å². The van der Waals surface area contributed by atoms with Crippen molar-refractivity contribution in [1.29, 1.82) is 0 Å². The molecule has 168 valence electrons. The van der Waals surface area contributed by atoms with Crippen molar-refractivity contribution in [1.82, 2.24) is 5.32 Å². The van der Waals surface area contributed by atoms with Gasteiger partial charge in [-0.1, -0.05) is 31.2 Å². The highest BCUT2D eigenvalue weighted by molar-refractivity contribution is 5.95. The Labute approximate surface area is 190 Å². The van der Waals surface area contributed by atoms with Crippen molar-refractivity contribution < 1.29 is 14.6 Å². The summed E-state index contributed by atoms with van der Waals surface area (Å²) in [6, 6.07) is 15.9. The third-order valence-corrected chi connectivity index (χ3v) is 8.54. The van der Waals surface area contributed by atoms with Crippen molar-refractivity contribution >= 4 is 5.91 Å². The number of carbonyl (C=O) groups is 1. The molecule has 4 nitrogen and oxygen atoms in total. The number of aryl methyl sites for hydroxylation is 1. The zero-order valence-electron chi connectivity index (χ0n) is 19.1. The summed E-state index contributed by atoms with van der Waals surface area (Å²) in [5, 5.41) is 13.3. The number of aliphatic hydroxyl groups is 1. The summed E-state index contributed by atoms with van der Waals surface area (Å²) in [6.45, 7) is 2.26. The largest absolute Gasteiger partial charge is 0.497 e. The Hall–Kier alpha value is -2.59. The fraction of sp³-hybridized carbons (Fsp3) is 0.464. The SMILES string of the molecule is COc1ccc2c(c1)CC[C@@H]1[C@@H]2CC[C@]2(C)C(=C(CO)NC(=O)c3ccccc3)CC[C@@H]12. The van der Waals surface area contributed by atoms with Crippen LogP contribution in [0.1, 0.15) is 66.4 Å². The van der Waals surface area contributed by atoms with Gasteiger partial charge in [0.2, 0.25) is 0 Å². The highest BCUT2D eigenvalue weighted by Crippen LogP contribution is 2.63. The molecule has 2 saturated carbocycles. The van der Waals surface area contributed by atoms with Gasteiger partial charge in [-0.2, -0.15) is 0 Å². The first kappa shape index (κ1) is 21.3. The topological polar surface area (TPSA) is 58.6 Å². The number of ether oxygens (including phenoxy) is 1. The minimum absolute atomic E-state index is 0.0488. The summed E-state index contributed by atoms with van der Waals surface area (Å²) >= 11 is 0. The highest BCUT2D eigenvalue weighted by Gasteiger charge is 2.53. The molecule has 2 N–H and O–H groups in total. The molecule has 0 unspecified atom stereocenters. The summed E-state index contributed by atoms with van der Waals surface area (Å²) in [7, 11) is 1.74. The molecule has 4 heteroatoms. The smallest absolute Gasteiger partial charge is 0.255 e. The molecule has 2 fully saturated rings. The van der Waals surface area contributed by atoms with Gasteiger partial charge in [-0.3, -0.25) is 4.79 Å². The number of hydrogen-bond acceptors (Lipinski definition) is 3. The van der Waals surface area contributed by atoms with Gasteiger partial charge in [0.05, 0.1) is 13.7 Å². The van der Waals surface area contributed by atoms with Gasteiger partial charge in [0.1, 0.15) is 5.75 Å². The number of carbonyl (C=O) groups excluding carboxylic acids is 1. The number of fused-ring (bicyclic) bond motifs is 5. The quantitative estimate of drug-likeness (QED) is 0.697. The maximum atomic E-state index is 12.8. The van der Waals surface area contributed by atoms with Gasteiger partial charge in [-0.25, -0.2) is 0 Å². The Morgan fingerprint density at radius 1 is 1.12 bits per heavy atom. The van der Waals surface area contributed by atoms with Crippen LogP contribution in [0.2, 0.25) is 0 Å². The second kappa shape index (κ2) is 8.40. The van der Waals surface area contributed by atoms with Gasteiger partial charge in [0, 0.05) is 11.3 Å². The van der Waals surface area contributed by atoms with Crippen LogP contribution < -0.4 is 10.1 Å². The summed E-state index contributed by atoms with van der Waals surface area (Å²) < 4.78 is 5.45. The van der Waals surface area contributed by atoms with E-state index in [1.165, 1.54) is 23.1 Å². The van der Waals surface area contributed by atoms with Crippen LogP contribution in [-0.4, -0.2) is 24.7 Å². The summed E-state index contributed by atoms with van der Waals surface area (Å²) in [4.78, 5) is 12.8. The van der Waals surface area contributed by atoms with Crippen LogP contribution in [0, 0.1) is 17.3 Å². The van der Waals surface area contributed by atoms with Crippen LogP contribution in [0.15, 0.2) is 59.8 Å². The zero-order chi connectivity index (χ0) is 22.3. The summed E-state index contributed by atoms with van der Waals surface area (Å²) in [5.74, 6) is 2.69. The first-order chi connectivity index (χ1) is 15.5. The van der Waals surface area contributed by atoms with E-state index in [1.807, 2.05) is 30.3 Å². The number of hydrogen-bond donors (Lipinski definition) is 2. The molecule has 0 bridgehead atoms. The molecule has 0 radical (unpaired) electrons. The fourth-order valence-electron chi connectivity index (χ4n) is 7.00. The standard InChI is InChI=1S/C28H33NO3/c1-28-15-14-22-21-11-9-20(32-2)16-19(21)8-10-23(22)24(28)12-13-25(28)26(17-30)29-27(31)18-6-4-3-5-7-18/h3-7,9,11,16,22-24,30H,8,10,12-15,17H2,1-2H3,(H,29,31)/t22-,23-,24+,28+/m1/s1. The van der Waals surface area contributed by atoms with E-state index < -0.39 is 0 Å². The van der Waals surface area contributed by atoms with Gasteiger partial charge in [0.15, 0.2) is 0 Å². The van der Waals surface area contributed by atoms with Crippen LogP contribution in [-0.2, 0) is 6.42 Å². The van der Waals surface area contributed by atoms with Crippen molar-refractivity contribution in [2.75, 3.05) is 13.7 Å². The lowest BCUT2D eigenvalue weighted by Crippen LogP contribution is -2.41. The van der Waals surface area contributed by atoms with Gasteiger partial charge in [0.25, 0.3) is 5.91 Å². The number of aliphatic hydroxyl groups excluding tert-OH is 1. The minimum Gasteiger partial charge on any atom is -0.497 e. The first-order valence-electron chi connectivity index (χ1n) is 11.9. The Morgan fingerprint density at radius 3 is 2.69 bits per heavy atom. The van der Waals surface area contributed by atoms with E-state index in [0.717, 1.165) is 43.6 Å². The molecule has 2 aromatic carbocycles. The van der Waals surface area contributed by atoms with E-state index in [4.69, 9.17) is 4.74 Å². The second-order valence-electron chi connectivity index (χ2n) is 9.91. The molecule has 0 saturated heterocycles. The molecular weight excluding hydrogens is 398 g/mol. The lowest BCUT2D eigenvalue weighted by Gasteiger charge is -2.50. The minimum atomic E-state index is -0.136. The lowest BCUT2D eigenvalue weighted by molar-refractivity contribution is 0.0795. The molecule has 1 amide bonds. The Balaban J connectivity index is 1.42. The number of benzene rings is 2. The Kier molecular flexibility index (Phi) is 5.58. The average Bonchev–Trinajstić information content (AvgIpc) is 3.19. The normalized spacial score (nSPS) is 30.0. The van der Waals surface area contributed by atoms with Crippen LogP contribution >= 0.6 is 0 Å². The Morgan fingerprint density at radius 2 is 1.94 bits per heavy atom. The molecule has 5 rings (SSSR count). The molecule has 3 aliphatic rings. The molecule has 3 aliphatic carbocycles. The van der Waals surface area contributed by atoms with Crippen molar-refractivity contribution in [3.63, 3.8) is 0 Å². The summed E-state index contributed by atoms with van der Waals surface area (Å²) in [5.41, 5.74) is 5.64. The van der Waals surface area contributed by atoms with E-state index >= 15 is 0 Å². The second-order valence-corrected chi connectivity index (χ2v) is 9.91. The predicted molar refractivity (Wildman–Crippen MR) is 126 cm³/mol. The van der Waals surface area contributed by atoms with Crippen LogP contribution in [0.4, 0.5) is 0 Å². The number of allylic oxidation sites excluding steroid dienone is 1. The van der Waals surface area contributed by atoms with Crippen LogP contribution in [0.5, 0.6) is 5.75 Å². The van der Waals surface area contributed by atoms with E-state index in [9.17, 15) is 9.90 Å². The van der Waals surface area contributed by atoms with E-state index in [0.29, 0.717) is 23.3 Å². The van der Waals surface area contributed by atoms with E-state index in [2.05, 4.69) is 30.4 Å². The maximum Gasteiger partial charge on any atom is 0.255 e. The molecule has 32 heavy (non-hydrogen) atoms. The zero-order valence-corrected chi connectivity index (χ0v) is 19.1. The predicted octanol–water partition coefficient (Wildman–Crippen LogP) is 5.23. The molecule has 4 atom stereocenters. The van der Waals surface area contributed by atoms with Crippen LogP contribution in [0.3, 0.4) is 0 Å². The fourth-order valence-corrected chi connectivity index (χ4v) is 7.00. The molecular formula is C28H33NO3. The summed E-state index contributed by atoms with van der Waals surface area (Å²) in [6.07, 6.45) is 6.68. The van der Waals surface area contributed by atoms with Gasteiger partial charge in [-0.05, 0) is 103 Å². The maximum absolute atomic E-state index is 12.8. The third kappa shape index (κ3) is 3.45. The lowest BCUT2D eigenvalue weighted by atomic mass is 9.55. The van der Waals surface area contributed by atoms with Crippen molar-refractivity contribution in [3.8, 4) is 5.75 Å². The number of rotatable bonds is 4. The number of nitrogens with one attached hydrogen (secondary N) is 1. The third-order valence-electron chi connectivity index (χ3n) is 8.54. The van der Waals surface area contributed by atoms with Crippen molar-refractivity contribution in [3.05, 3.63) is 76.5 Å². The van der Waals surface area contributed by atoms with Crippen LogP contribution in [0.25, 0.3) is 0 Å². The van der Waals surface area contributed by atoms with Crippen molar-refractivity contribution in [2.45, 2.75) is 51.4 Å². The average molecular weight is 432 g/mol. The molecule has 0 heterocycles. The molecule has 2 aromatic rings. The monoisotopic (exact) mass is 431 g/mol. The molecule has 0 spiro atoms. The number of amides is 1. The molecule has 0 aromatic heterocycles.